The molecule has 8 nitrogen and oxygen atoms in total. The molecule has 0 spiro atoms. The second-order valence-corrected chi connectivity index (χ2v) is 8.25. The van der Waals surface area contributed by atoms with E-state index in [4.69, 9.17) is 10.5 Å². The highest BCUT2D eigenvalue weighted by Gasteiger charge is 2.18. The summed E-state index contributed by atoms with van der Waals surface area (Å²) in [7, 11) is -3.84. The summed E-state index contributed by atoms with van der Waals surface area (Å²) in [4.78, 5) is 11.0. The van der Waals surface area contributed by atoms with Gasteiger partial charge in [0.05, 0.1) is 35.3 Å². The molecular weight excluding hydrogens is 380 g/mol. The third kappa shape index (κ3) is 4.25. The number of nitrogens with two attached hydrogens (primary N) is 1. The van der Waals surface area contributed by atoms with E-state index in [2.05, 4.69) is 9.82 Å². The van der Waals surface area contributed by atoms with Gasteiger partial charge in [-0.1, -0.05) is 12.1 Å². The molecule has 0 bridgehead atoms. The number of aromatic nitrogens is 2. The number of anilines is 1. The Balaban J connectivity index is 1.86. The van der Waals surface area contributed by atoms with E-state index in [-0.39, 0.29) is 29.7 Å². The summed E-state index contributed by atoms with van der Waals surface area (Å²) in [6.07, 6.45) is 1.69. The van der Waals surface area contributed by atoms with Gasteiger partial charge in [0.15, 0.2) is 0 Å². The zero-order chi connectivity index (χ0) is 20.3. The number of hydrogen-bond donors (Lipinski definition) is 2. The Labute approximate surface area is 163 Å². The van der Waals surface area contributed by atoms with Gasteiger partial charge in [0.1, 0.15) is 5.75 Å². The molecule has 0 aliphatic rings. The highest BCUT2D eigenvalue weighted by Crippen LogP contribution is 2.28. The largest absolute Gasteiger partial charge is 0.491 e. The minimum absolute atomic E-state index is 0.0393. The Morgan fingerprint density at radius 1 is 1.25 bits per heavy atom. The van der Waals surface area contributed by atoms with E-state index in [0.717, 1.165) is 10.9 Å². The maximum absolute atomic E-state index is 12.9. The fourth-order valence-corrected chi connectivity index (χ4v) is 3.86. The van der Waals surface area contributed by atoms with E-state index in [9.17, 15) is 13.2 Å². The summed E-state index contributed by atoms with van der Waals surface area (Å²) in [6.45, 7) is 4.08. The maximum atomic E-state index is 12.9. The molecule has 3 rings (SSSR count). The fraction of sp³-hybridized carbons (Fsp3) is 0.263. The van der Waals surface area contributed by atoms with Crippen LogP contribution in [0.3, 0.4) is 0 Å². The van der Waals surface area contributed by atoms with Crippen LogP contribution in [-0.4, -0.2) is 30.7 Å². The van der Waals surface area contributed by atoms with E-state index >= 15 is 0 Å². The minimum atomic E-state index is -3.84. The number of carbonyl (C=O) groups is 1. The number of carbonyl (C=O) groups excluding carboxylic acids is 1. The Bertz CT molecular complexity index is 1110. The van der Waals surface area contributed by atoms with Crippen molar-refractivity contribution < 1.29 is 17.9 Å². The number of sulfonamides is 1. The molecule has 9 heteroatoms. The van der Waals surface area contributed by atoms with Gasteiger partial charge in [-0.3, -0.25) is 14.2 Å². The first kappa shape index (κ1) is 19.7. The van der Waals surface area contributed by atoms with Gasteiger partial charge in [-0.05, 0) is 44.2 Å². The zero-order valence-corrected chi connectivity index (χ0v) is 16.4. The lowest BCUT2D eigenvalue weighted by molar-refractivity contribution is -0.118. The molecule has 1 heterocycles. The monoisotopic (exact) mass is 402 g/mol. The maximum Gasteiger partial charge on any atom is 0.262 e. The highest BCUT2D eigenvalue weighted by atomic mass is 32.2. The summed E-state index contributed by atoms with van der Waals surface area (Å²) in [5, 5.41) is 5.05. The van der Waals surface area contributed by atoms with Crippen LogP contribution in [0.2, 0.25) is 0 Å². The summed E-state index contributed by atoms with van der Waals surface area (Å²) in [5.74, 6) is -0.172. The molecule has 0 atom stereocenters. The number of rotatable bonds is 8. The molecular formula is C19H22N4O4S. The fourth-order valence-electron chi connectivity index (χ4n) is 2.75. The van der Waals surface area contributed by atoms with Crippen LogP contribution < -0.4 is 15.2 Å². The van der Waals surface area contributed by atoms with E-state index < -0.39 is 15.9 Å². The van der Waals surface area contributed by atoms with Crippen molar-refractivity contribution in [2.24, 2.45) is 5.73 Å². The van der Waals surface area contributed by atoms with E-state index in [1.807, 2.05) is 18.5 Å². The van der Waals surface area contributed by atoms with E-state index in [1.54, 1.807) is 48.7 Å². The first-order chi connectivity index (χ1) is 13.3. The smallest absolute Gasteiger partial charge is 0.262 e. The molecule has 148 valence electrons. The van der Waals surface area contributed by atoms with Gasteiger partial charge in [-0.2, -0.15) is 5.10 Å². The van der Waals surface area contributed by atoms with Crippen molar-refractivity contribution in [1.82, 2.24) is 9.78 Å². The molecule has 0 saturated carbocycles. The van der Waals surface area contributed by atoms with Crippen LogP contribution in [0.5, 0.6) is 5.75 Å². The molecule has 3 aromatic rings. The Kier molecular flexibility index (Phi) is 5.55. The van der Waals surface area contributed by atoms with Crippen molar-refractivity contribution in [2.75, 3.05) is 11.3 Å². The lowest BCUT2D eigenvalue weighted by Crippen LogP contribution is -2.16. The Hall–Kier alpha value is -3.07. The number of nitrogens with zero attached hydrogens (tertiary/aromatic N) is 2. The van der Waals surface area contributed by atoms with Gasteiger partial charge in [0, 0.05) is 11.4 Å². The van der Waals surface area contributed by atoms with Crippen LogP contribution in [0.1, 0.15) is 26.3 Å². The zero-order valence-electron chi connectivity index (χ0n) is 15.6. The van der Waals surface area contributed by atoms with Crippen LogP contribution in [-0.2, 0) is 14.8 Å². The normalized spacial score (nSPS) is 11.7. The van der Waals surface area contributed by atoms with E-state index in [1.165, 1.54) is 0 Å². The molecule has 0 saturated heterocycles. The highest BCUT2D eigenvalue weighted by molar-refractivity contribution is 7.92. The third-order valence-electron chi connectivity index (χ3n) is 4.10. The lowest BCUT2D eigenvalue weighted by atomic mass is 10.2. The van der Waals surface area contributed by atoms with Crippen LogP contribution in [0, 0.1) is 0 Å². The number of hydrogen-bond acceptors (Lipinski definition) is 5. The van der Waals surface area contributed by atoms with Crippen molar-refractivity contribution in [3.8, 4) is 5.75 Å². The number of nitrogens with one attached hydrogen (secondary N) is 1. The molecule has 0 fully saturated rings. The Morgan fingerprint density at radius 3 is 2.71 bits per heavy atom. The quantitative estimate of drug-likeness (QED) is 0.601. The minimum Gasteiger partial charge on any atom is -0.491 e. The van der Waals surface area contributed by atoms with Gasteiger partial charge in [-0.15, -0.1) is 0 Å². The van der Waals surface area contributed by atoms with E-state index in [0.29, 0.717) is 5.75 Å². The van der Waals surface area contributed by atoms with Gasteiger partial charge >= 0.3 is 0 Å². The second-order valence-electron chi connectivity index (χ2n) is 6.57. The lowest BCUT2D eigenvalue weighted by Gasteiger charge is -2.13. The number of benzene rings is 2. The predicted octanol–water partition coefficient (Wildman–Crippen LogP) is 2.67. The molecule has 3 N–H and O–H groups in total. The summed E-state index contributed by atoms with van der Waals surface area (Å²) >= 11 is 0. The molecule has 0 radical (unpaired) electrons. The number of primary amides is 1. The van der Waals surface area contributed by atoms with Gasteiger partial charge < -0.3 is 10.5 Å². The Morgan fingerprint density at radius 2 is 2.00 bits per heavy atom. The first-order valence-electron chi connectivity index (χ1n) is 8.78. The molecule has 28 heavy (non-hydrogen) atoms. The van der Waals surface area contributed by atoms with Gasteiger partial charge in [0.25, 0.3) is 10.0 Å². The van der Waals surface area contributed by atoms with Crippen molar-refractivity contribution in [3.05, 3.63) is 48.7 Å². The van der Waals surface area contributed by atoms with Crippen molar-refractivity contribution in [2.45, 2.75) is 31.2 Å². The van der Waals surface area contributed by atoms with Crippen LogP contribution in [0.4, 0.5) is 5.69 Å². The van der Waals surface area contributed by atoms with Crippen LogP contribution in [0.25, 0.3) is 10.9 Å². The topological polar surface area (TPSA) is 116 Å². The van der Waals surface area contributed by atoms with Gasteiger partial charge in [0.2, 0.25) is 5.91 Å². The number of amides is 1. The second kappa shape index (κ2) is 7.89. The van der Waals surface area contributed by atoms with Crippen LogP contribution >= 0.6 is 0 Å². The molecule has 2 aromatic carbocycles. The number of para-hydroxylation sites is 2. The standard InChI is InChI=1S/C19H22N4O4S/c1-13(2)23-17-8-7-15(11-14(17)12-21-23)28(25,26)22-16-5-3-4-6-18(16)27-10-9-19(20)24/h3-8,11-13,22H,9-10H2,1-2H3,(H2,20,24). The molecule has 0 unspecified atom stereocenters. The van der Waals surface area contributed by atoms with Gasteiger partial charge in [-0.25, -0.2) is 8.42 Å². The summed E-state index contributed by atoms with van der Waals surface area (Å²) in [5.41, 5.74) is 6.25. The summed E-state index contributed by atoms with van der Waals surface area (Å²) in [6, 6.07) is 11.6. The van der Waals surface area contributed by atoms with Crippen molar-refractivity contribution in [3.63, 3.8) is 0 Å². The van der Waals surface area contributed by atoms with Crippen molar-refractivity contribution >= 4 is 32.5 Å². The first-order valence-corrected chi connectivity index (χ1v) is 10.3. The average molecular weight is 402 g/mol. The molecule has 0 aliphatic heterocycles. The summed E-state index contributed by atoms with van der Waals surface area (Å²) < 4.78 is 35.6. The third-order valence-corrected chi connectivity index (χ3v) is 5.47. The van der Waals surface area contributed by atoms with Crippen LogP contribution in [0.15, 0.2) is 53.6 Å². The van der Waals surface area contributed by atoms with Crippen molar-refractivity contribution in [1.29, 1.82) is 0 Å². The predicted molar refractivity (Wildman–Crippen MR) is 107 cm³/mol. The molecule has 1 amide bonds. The number of fused-ring (bicyclic) bond motifs is 1. The average Bonchev–Trinajstić information content (AvgIpc) is 3.06. The molecule has 1 aromatic heterocycles. The number of ether oxygens (including phenoxy) is 1. The molecule has 0 aliphatic carbocycles. The SMILES string of the molecule is CC(C)n1ncc2cc(S(=O)(=O)Nc3ccccc3OCCC(N)=O)ccc21.